The first-order chi connectivity index (χ1) is 12.0. The van der Waals surface area contributed by atoms with Crippen molar-refractivity contribution in [3.63, 3.8) is 0 Å². The summed E-state index contributed by atoms with van der Waals surface area (Å²) in [6.45, 7) is 0. The number of halogens is 2. The van der Waals surface area contributed by atoms with Crippen LogP contribution < -0.4 is 9.47 Å². The first-order valence-corrected chi connectivity index (χ1v) is 9.22. The second kappa shape index (κ2) is 7.61. The molecule has 1 aliphatic heterocycles. The number of benzene rings is 2. The molecule has 0 bridgehead atoms. The number of hydrogen-bond donors (Lipinski definition) is 0. The summed E-state index contributed by atoms with van der Waals surface area (Å²) in [5.74, 6) is 1.46. The maximum Gasteiger partial charge on any atom is 0.343 e. The van der Waals surface area contributed by atoms with Crippen LogP contribution in [0.3, 0.4) is 0 Å². The second-order valence-electron chi connectivity index (χ2n) is 5.24. The van der Waals surface area contributed by atoms with Gasteiger partial charge in [-0.05, 0) is 64.6 Å². The Morgan fingerprint density at radius 2 is 1.84 bits per heavy atom. The highest BCUT2D eigenvalue weighted by atomic mass is 127. The van der Waals surface area contributed by atoms with Gasteiger partial charge in [0.05, 0.1) is 23.4 Å². The summed E-state index contributed by atoms with van der Waals surface area (Å²) < 4.78 is 17.9. The minimum atomic E-state index is -0.372. The van der Waals surface area contributed by atoms with Gasteiger partial charge < -0.3 is 14.2 Å². The maximum atomic E-state index is 12.2. The summed E-state index contributed by atoms with van der Waals surface area (Å²) in [5.41, 5.74) is 2.17. The van der Waals surface area contributed by atoms with E-state index < -0.39 is 0 Å². The molecule has 0 amide bonds. The molecule has 0 aliphatic carbocycles. The summed E-state index contributed by atoms with van der Waals surface area (Å²) in [6, 6.07) is 11.3. The van der Waals surface area contributed by atoms with Crippen molar-refractivity contribution in [1.82, 2.24) is 0 Å². The molecule has 3 rings (SSSR count). The molecule has 6 heteroatoms. The third-order valence-electron chi connectivity index (χ3n) is 3.63. The number of esters is 1. The molecule has 1 heterocycles. The van der Waals surface area contributed by atoms with E-state index in [-0.39, 0.29) is 5.97 Å². The van der Waals surface area contributed by atoms with Crippen molar-refractivity contribution in [2.75, 3.05) is 14.2 Å². The number of carbonyl (C=O) groups is 1. The Balaban J connectivity index is 1.97. The SMILES string of the molecule is COc1cc(/C=C2\C=C(c3ccc(Br)cc3)OC2=O)cc(I)c1OC. The molecule has 25 heavy (non-hydrogen) atoms. The normalized spacial score (nSPS) is 15.1. The van der Waals surface area contributed by atoms with Crippen molar-refractivity contribution >= 4 is 56.3 Å². The molecule has 2 aromatic rings. The molecule has 0 radical (unpaired) electrons. The number of hydrogen-bond acceptors (Lipinski definition) is 4. The minimum Gasteiger partial charge on any atom is -0.493 e. The van der Waals surface area contributed by atoms with E-state index in [2.05, 4.69) is 38.5 Å². The fourth-order valence-corrected chi connectivity index (χ4v) is 3.56. The first-order valence-electron chi connectivity index (χ1n) is 7.35. The van der Waals surface area contributed by atoms with Gasteiger partial charge in [-0.15, -0.1) is 0 Å². The number of ether oxygens (including phenoxy) is 3. The molecule has 0 atom stereocenters. The topological polar surface area (TPSA) is 44.8 Å². The van der Waals surface area contributed by atoms with Crippen LogP contribution >= 0.6 is 38.5 Å². The van der Waals surface area contributed by atoms with E-state index in [4.69, 9.17) is 14.2 Å². The molecule has 0 N–H and O–H groups in total. The van der Waals surface area contributed by atoms with Crippen LogP contribution in [-0.2, 0) is 9.53 Å². The lowest BCUT2D eigenvalue weighted by Gasteiger charge is -2.10. The third-order valence-corrected chi connectivity index (χ3v) is 4.96. The highest BCUT2D eigenvalue weighted by Gasteiger charge is 2.22. The minimum absolute atomic E-state index is 0.372. The van der Waals surface area contributed by atoms with E-state index in [1.165, 1.54) is 0 Å². The van der Waals surface area contributed by atoms with Gasteiger partial charge in [0.25, 0.3) is 0 Å². The average molecular weight is 513 g/mol. The zero-order valence-corrected chi connectivity index (χ0v) is 17.3. The highest BCUT2D eigenvalue weighted by molar-refractivity contribution is 14.1. The van der Waals surface area contributed by atoms with E-state index in [1.807, 2.05) is 36.4 Å². The van der Waals surface area contributed by atoms with Crippen molar-refractivity contribution in [1.29, 1.82) is 0 Å². The Morgan fingerprint density at radius 1 is 1.12 bits per heavy atom. The Kier molecular flexibility index (Phi) is 5.48. The van der Waals surface area contributed by atoms with Crippen LogP contribution in [0.25, 0.3) is 11.8 Å². The molecule has 4 nitrogen and oxygen atoms in total. The van der Waals surface area contributed by atoms with E-state index in [0.717, 1.165) is 19.2 Å². The van der Waals surface area contributed by atoms with Gasteiger partial charge in [-0.1, -0.05) is 28.1 Å². The van der Waals surface area contributed by atoms with E-state index in [9.17, 15) is 4.79 Å². The van der Waals surface area contributed by atoms with Gasteiger partial charge in [0, 0.05) is 10.0 Å². The molecule has 0 saturated carbocycles. The molecule has 1 aliphatic rings. The molecule has 0 spiro atoms. The fraction of sp³-hybridized carbons (Fsp3) is 0.105. The number of rotatable bonds is 4. The highest BCUT2D eigenvalue weighted by Crippen LogP contribution is 2.35. The lowest BCUT2D eigenvalue weighted by molar-refractivity contribution is -0.130. The fourth-order valence-electron chi connectivity index (χ4n) is 2.45. The number of carbonyl (C=O) groups excluding carboxylic acids is 1. The largest absolute Gasteiger partial charge is 0.493 e. The van der Waals surface area contributed by atoms with Crippen molar-refractivity contribution in [3.8, 4) is 11.5 Å². The van der Waals surface area contributed by atoms with Gasteiger partial charge >= 0.3 is 5.97 Å². The number of cyclic esters (lactones) is 1. The molecule has 0 saturated heterocycles. The predicted molar refractivity (Wildman–Crippen MR) is 108 cm³/mol. The van der Waals surface area contributed by atoms with Crippen LogP contribution in [0.5, 0.6) is 11.5 Å². The number of methoxy groups -OCH3 is 2. The van der Waals surface area contributed by atoms with Crippen LogP contribution in [0.2, 0.25) is 0 Å². The molecule has 2 aromatic carbocycles. The van der Waals surface area contributed by atoms with E-state index >= 15 is 0 Å². The summed E-state index contributed by atoms with van der Waals surface area (Å²) in [4.78, 5) is 12.2. The first kappa shape index (κ1) is 18.0. The van der Waals surface area contributed by atoms with Crippen molar-refractivity contribution < 1.29 is 19.0 Å². The second-order valence-corrected chi connectivity index (χ2v) is 7.32. The molecule has 0 aromatic heterocycles. The Hall–Kier alpha value is -1.80. The summed E-state index contributed by atoms with van der Waals surface area (Å²) in [6.07, 6.45) is 3.52. The van der Waals surface area contributed by atoms with Crippen LogP contribution in [0.15, 0.2) is 52.5 Å². The lowest BCUT2D eigenvalue weighted by Crippen LogP contribution is -1.98. The zero-order valence-electron chi connectivity index (χ0n) is 13.5. The molecular weight excluding hydrogens is 499 g/mol. The Morgan fingerprint density at radius 3 is 2.48 bits per heavy atom. The Labute approximate surface area is 167 Å². The molecule has 128 valence electrons. The zero-order chi connectivity index (χ0) is 18.0. The van der Waals surface area contributed by atoms with Gasteiger partial charge in [-0.3, -0.25) is 0 Å². The molecule has 0 unspecified atom stereocenters. The summed E-state index contributed by atoms with van der Waals surface area (Å²) >= 11 is 5.57. The monoisotopic (exact) mass is 512 g/mol. The average Bonchev–Trinajstić information content (AvgIpc) is 2.95. The lowest BCUT2D eigenvalue weighted by atomic mass is 10.1. The van der Waals surface area contributed by atoms with Crippen molar-refractivity contribution in [2.24, 2.45) is 0 Å². The summed E-state index contributed by atoms with van der Waals surface area (Å²) in [7, 11) is 3.18. The van der Waals surface area contributed by atoms with Gasteiger partial charge in [0.1, 0.15) is 5.76 Å². The standard InChI is InChI=1S/C19H14BrIO4/c1-23-17-9-11(8-15(21)18(17)24-2)7-13-10-16(25-19(13)22)12-3-5-14(20)6-4-12/h3-10H,1-2H3/b13-7+. The van der Waals surface area contributed by atoms with E-state index in [1.54, 1.807) is 26.4 Å². The smallest absolute Gasteiger partial charge is 0.343 e. The van der Waals surface area contributed by atoms with Crippen LogP contribution in [0.4, 0.5) is 0 Å². The maximum absolute atomic E-state index is 12.2. The van der Waals surface area contributed by atoms with Crippen LogP contribution in [0.1, 0.15) is 11.1 Å². The van der Waals surface area contributed by atoms with Crippen LogP contribution in [-0.4, -0.2) is 20.2 Å². The quantitative estimate of drug-likeness (QED) is 0.326. The Bertz CT molecular complexity index is 885. The van der Waals surface area contributed by atoms with Gasteiger partial charge in [-0.25, -0.2) is 4.79 Å². The van der Waals surface area contributed by atoms with E-state index in [0.29, 0.717) is 22.8 Å². The molecular formula is C19H14BrIO4. The van der Waals surface area contributed by atoms with Gasteiger partial charge in [-0.2, -0.15) is 0 Å². The molecule has 0 fully saturated rings. The van der Waals surface area contributed by atoms with Crippen molar-refractivity contribution in [2.45, 2.75) is 0 Å². The van der Waals surface area contributed by atoms with Gasteiger partial charge in [0.2, 0.25) is 0 Å². The predicted octanol–water partition coefficient (Wildman–Crippen LogP) is 5.05. The van der Waals surface area contributed by atoms with Crippen LogP contribution in [0, 0.1) is 3.57 Å². The van der Waals surface area contributed by atoms with Gasteiger partial charge in [0.15, 0.2) is 11.5 Å². The summed E-state index contributed by atoms with van der Waals surface area (Å²) in [5, 5.41) is 0. The van der Waals surface area contributed by atoms with Crippen molar-refractivity contribution in [3.05, 3.63) is 67.2 Å². The third kappa shape index (κ3) is 3.90.